The van der Waals surface area contributed by atoms with Crippen molar-refractivity contribution in [3.8, 4) is 17.3 Å². The van der Waals surface area contributed by atoms with Crippen molar-refractivity contribution in [2.24, 2.45) is 11.1 Å². The fraction of sp³-hybridized carbons (Fsp3) is 0.391. The number of anilines is 2. The second-order valence-electron chi connectivity index (χ2n) is 8.95. The summed E-state index contributed by atoms with van der Waals surface area (Å²) in [6.07, 6.45) is 11.0. The molecule has 1 fully saturated rings. The summed E-state index contributed by atoms with van der Waals surface area (Å²) in [6.45, 7) is 0. The zero-order chi connectivity index (χ0) is 25.9. The number of primary sulfonamides is 1. The van der Waals surface area contributed by atoms with E-state index in [1.807, 2.05) is 10.9 Å². The van der Waals surface area contributed by atoms with Crippen molar-refractivity contribution in [1.29, 1.82) is 5.26 Å². The maximum Gasteiger partial charge on any atom is 0.230 e. The molecule has 3 N–H and O–H groups in total. The summed E-state index contributed by atoms with van der Waals surface area (Å²) in [5.74, 6) is 0.739. The molecule has 11 nitrogen and oxygen atoms in total. The molecule has 190 valence electrons. The molecule has 1 aliphatic rings. The lowest BCUT2D eigenvalue weighted by Crippen LogP contribution is -2.27. The SMILES string of the molecule is CS(=O)(=O)C(c1ccc(Nc2nccc(-c3cnn(C(CC#N)C4CCCC4)c3)n2)cc1)S(N)(=O)=O. The standard InChI is InChI=1S/C23H27N7O4S2/c1-35(31,32)22(36(25,33)34)17-6-8-19(9-7-17)28-23-26-13-11-20(29-23)18-14-27-30(15-18)21(10-12-24)16-4-2-3-5-16/h6-9,11,13-16,21-22H,2-5,10H2,1H3,(H2,25,33,34)(H,26,28,29). The van der Waals surface area contributed by atoms with Gasteiger partial charge in [-0.15, -0.1) is 0 Å². The number of hydrogen-bond donors (Lipinski definition) is 2. The molecule has 2 heterocycles. The molecule has 1 aliphatic carbocycles. The summed E-state index contributed by atoms with van der Waals surface area (Å²) >= 11 is 0. The molecule has 0 saturated heterocycles. The minimum absolute atomic E-state index is 0.0392. The van der Waals surface area contributed by atoms with Crippen molar-refractivity contribution in [1.82, 2.24) is 19.7 Å². The molecular weight excluding hydrogens is 502 g/mol. The zero-order valence-electron chi connectivity index (χ0n) is 19.6. The maximum absolute atomic E-state index is 12.0. The normalized spacial score (nSPS) is 16.4. The Balaban J connectivity index is 1.53. The van der Waals surface area contributed by atoms with Gasteiger partial charge in [-0.3, -0.25) is 4.68 Å². The molecule has 13 heteroatoms. The molecule has 2 unspecified atom stereocenters. The summed E-state index contributed by atoms with van der Waals surface area (Å²) in [4.78, 5) is 8.76. The van der Waals surface area contributed by atoms with Crippen molar-refractivity contribution >= 4 is 31.5 Å². The monoisotopic (exact) mass is 529 g/mol. The summed E-state index contributed by atoms with van der Waals surface area (Å²) in [5, 5.41) is 22.0. The Bertz CT molecular complexity index is 1440. The van der Waals surface area contributed by atoms with E-state index in [1.54, 1.807) is 18.5 Å². The van der Waals surface area contributed by atoms with E-state index >= 15 is 0 Å². The molecular formula is C23H27N7O4S2. The molecule has 1 aromatic carbocycles. The van der Waals surface area contributed by atoms with Crippen LogP contribution in [0.1, 0.15) is 48.3 Å². The number of sulfone groups is 1. The number of benzene rings is 1. The van der Waals surface area contributed by atoms with E-state index in [4.69, 9.17) is 5.14 Å². The third-order valence-corrected chi connectivity index (χ3v) is 10.0. The van der Waals surface area contributed by atoms with Gasteiger partial charge in [0.05, 0.1) is 30.4 Å². The molecule has 36 heavy (non-hydrogen) atoms. The van der Waals surface area contributed by atoms with Crippen LogP contribution in [0.15, 0.2) is 48.9 Å². The molecule has 0 bridgehead atoms. The Morgan fingerprint density at radius 1 is 1.17 bits per heavy atom. The first-order chi connectivity index (χ1) is 17.1. The molecule has 2 aromatic heterocycles. The van der Waals surface area contributed by atoms with Crippen molar-refractivity contribution in [3.05, 3.63) is 54.5 Å². The Morgan fingerprint density at radius 2 is 1.86 bits per heavy atom. The maximum atomic E-state index is 12.0. The highest BCUT2D eigenvalue weighted by molar-refractivity contribution is 8.07. The van der Waals surface area contributed by atoms with Crippen LogP contribution in [0, 0.1) is 17.2 Å². The van der Waals surface area contributed by atoms with Crippen LogP contribution in [0.4, 0.5) is 11.6 Å². The Labute approximate surface area is 210 Å². The van der Waals surface area contributed by atoms with Gasteiger partial charge in [0.1, 0.15) is 0 Å². The van der Waals surface area contributed by atoms with Crippen LogP contribution in [0.25, 0.3) is 11.3 Å². The summed E-state index contributed by atoms with van der Waals surface area (Å²) < 4.78 is 47.6. The number of rotatable bonds is 9. The minimum Gasteiger partial charge on any atom is -0.324 e. The number of nitriles is 1. The van der Waals surface area contributed by atoms with Gasteiger partial charge >= 0.3 is 0 Å². The van der Waals surface area contributed by atoms with Gasteiger partial charge in [0.15, 0.2) is 9.84 Å². The number of nitrogens with zero attached hydrogens (tertiary/aromatic N) is 5. The first-order valence-corrected chi connectivity index (χ1v) is 14.9. The smallest absolute Gasteiger partial charge is 0.230 e. The average molecular weight is 530 g/mol. The van der Waals surface area contributed by atoms with Crippen molar-refractivity contribution in [2.75, 3.05) is 11.6 Å². The van der Waals surface area contributed by atoms with Crippen molar-refractivity contribution in [2.45, 2.75) is 42.7 Å². The van der Waals surface area contributed by atoms with Crippen molar-refractivity contribution in [3.63, 3.8) is 0 Å². The Hall–Kier alpha value is -3.34. The van der Waals surface area contributed by atoms with Crippen LogP contribution in [0.3, 0.4) is 0 Å². The molecule has 1 saturated carbocycles. The van der Waals surface area contributed by atoms with E-state index in [9.17, 15) is 22.1 Å². The second kappa shape index (κ2) is 10.3. The third kappa shape index (κ3) is 5.89. The van der Waals surface area contributed by atoms with Crippen LogP contribution < -0.4 is 10.5 Å². The predicted octanol–water partition coefficient (Wildman–Crippen LogP) is 3.06. The van der Waals surface area contributed by atoms with Crippen LogP contribution in [0.2, 0.25) is 0 Å². The van der Waals surface area contributed by atoms with Gasteiger partial charge < -0.3 is 5.32 Å². The molecule has 4 rings (SSSR count). The summed E-state index contributed by atoms with van der Waals surface area (Å²) in [5.41, 5.74) is 2.01. The lowest BCUT2D eigenvalue weighted by atomic mass is 9.96. The molecule has 0 amide bonds. The average Bonchev–Trinajstić information content (AvgIpc) is 3.50. The minimum atomic E-state index is -4.36. The summed E-state index contributed by atoms with van der Waals surface area (Å²) in [7, 11) is -8.34. The number of hydrogen-bond acceptors (Lipinski definition) is 9. The van der Waals surface area contributed by atoms with Gasteiger partial charge in [0, 0.05) is 29.9 Å². The molecule has 0 radical (unpaired) electrons. The quantitative estimate of drug-likeness (QED) is 0.422. The highest BCUT2D eigenvalue weighted by atomic mass is 32.3. The van der Waals surface area contributed by atoms with Crippen LogP contribution in [-0.2, 0) is 19.9 Å². The largest absolute Gasteiger partial charge is 0.324 e. The highest BCUT2D eigenvalue weighted by Crippen LogP contribution is 2.36. The van der Waals surface area contributed by atoms with E-state index in [-0.39, 0.29) is 11.6 Å². The first kappa shape index (κ1) is 25.7. The van der Waals surface area contributed by atoms with Gasteiger partial charge in [-0.1, -0.05) is 25.0 Å². The predicted molar refractivity (Wildman–Crippen MR) is 135 cm³/mol. The van der Waals surface area contributed by atoms with E-state index in [0.29, 0.717) is 29.7 Å². The molecule has 3 aromatic rings. The second-order valence-corrected chi connectivity index (χ2v) is 13.0. The molecule has 0 spiro atoms. The van der Waals surface area contributed by atoms with Gasteiger partial charge in [-0.25, -0.2) is 31.9 Å². The topological polar surface area (TPSA) is 174 Å². The lowest BCUT2D eigenvalue weighted by molar-refractivity contribution is 0.315. The number of sulfonamides is 1. The fourth-order valence-corrected chi connectivity index (χ4v) is 7.81. The zero-order valence-corrected chi connectivity index (χ0v) is 21.3. The summed E-state index contributed by atoms with van der Waals surface area (Å²) in [6, 6.07) is 9.90. The number of nitrogens with two attached hydrogens (primary N) is 1. The van der Waals surface area contributed by atoms with Crippen LogP contribution >= 0.6 is 0 Å². The number of nitrogens with one attached hydrogen (secondary N) is 1. The van der Waals surface area contributed by atoms with Crippen molar-refractivity contribution < 1.29 is 16.8 Å². The molecule has 2 atom stereocenters. The van der Waals surface area contributed by atoms with Gasteiger partial charge in [-0.05, 0) is 42.5 Å². The van der Waals surface area contributed by atoms with E-state index < -0.39 is 24.4 Å². The van der Waals surface area contributed by atoms with Crippen LogP contribution in [-0.4, -0.2) is 42.8 Å². The Morgan fingerprint density at radius 3 is 2.47 bits per heavy atom. The van der Waals surface area contributed by atoms with Gasteiger partial charge in [0.25, 0.3) is 0 Å². The van der Waals surface area contributed by atoms with Gasteiger partial charge in [-0.2, -0.15) is 10.4 Å². The first-order valence-electron chi connectivity index (χ1n) is 11.4. The fourth-order valence-electron chi connectivity index (χ4n) is 4.68. The number of aromatic nitrogens is 4. The van der Waals surface area contributed by atoms with E-state index in [0.717, 1.165) is 24.7 Å². The van der Waals surface area contributed by atoms with E-state index in [2.05, 4.69) is 26.5 Å². The third-order valence-electron chi connectivity index (χ3n) is 6.26. The Kier molecular flexibility index (Phi) is 7.39. The lowest BCUT2D eigenvalue weighted by Gasteiger charge is -2.21. The van der Waals surface area contributed by atoms with Gasteiger partial charge in [0.2, 0.25) is 20.6 Å². The van der Waals surface area contributed by atoms with Crippen LogP contribution in [0.5, 0.6) is 0 Å². The van der Waals surface area contributed by atoms with E-state index in [1.165, 1.54) is 37.1 Å². The molecule has 0 aliphatic heterocycles. The highest BCUT2D eigenvalue weighted by Gasteiger charge is 2.33.